The molecule has 0 aliphatic rings. The van der Waals surface area contributed by atoms with Crippen LogP contribution in [0.1, 0.15) is 23.6 Å². The highest BCUT2D eigenvalue weighted by atomic mass is 79.9. The fraction of sp³-hybridized carbons (Fsp3) is 0.182. The van der Waals surface area contributed by atoms with E-state index < -0.39 is 0 Å². The minimum Gasteiger partial charge on any atom is -0.0876 e. The van der Waals surface area contributed by atoms with E-state index in [-0.39, 0.29) is 0 Å². The molecule has 134 valence electrons. The summed E-state index contributed by atoms with van der Waals surface area (Å²) in [6.45, 7) is 0. The van der Waals surface area contributed by atoms with Crippen LogP contribution >= 0.6 is 63.7 Å². The van der Waals surface area contributed by atoms with Gasteiger partial charge < -0.3 is 0 Å². The zero-order valence-corrected chi connectivity index (χ0v) is 20.4. The Morgan fingerprint density at radius 2 is 0.846 bits per heavy atom. The van der Waals surface area contributed by atoms with Crippen LogP contribution in [-0.4, -0.2) is 0 Å². The maximum Gasteiger partial charge on any atom is 0.0636 e. The summed E-state index contributed by atoms with van der Waals surface area (Å²) < 4.78 is 9.05. The minimum absolute atomic E-state index is 0.573. The Kier molecular flexibility index (Phi) is 7.04. The highest BCUT2D eigenvalue weighted by Gasteiger charge is 2.13. The highest BCUT2D eigenvalue weighted by Crippen LogP contribution is 2.36. The van der Waals surface area contributed by atoms with E-state index in [0.29, 0.717) is 6.04 Å². The molecule has 26 heavy (non-hydrogen) atoms. The Hall–Kier alpha value is -0.420. The summed E-state index contributed by atoms with van der Waals surface area (Å²) in [4.78, 5) is 0. The molecule has 0 bridgehead atoms. The van der Waals surface area contributed by atoms with Gasteiger partial charge in [-0.25, -0.2) is 0 Å². The second-order valence-electron chi connectivity index (χ2n) is 5.92. The maximum absolute atomic E-state index is 9.05. The third-order valence-corrected chi connectivity index (χ3v) is 6.80. The molecule has 3 aromatic carbocycles. The third kappa shape index (κ3) is 4.19. The molecular formula is C22H18Br4. The molecule has 0 unspecified atom stereocenters. The molecule has 0 aliphatic heterocycles. The molecule has 0 aliphatic carbocycles. The minimum atomic E-state index is 0.573. The van der Waals surface area contributed by atoms with Crippen molar-refractivity contribution < 1.29 is 1.37 Å². The molecule has 4 heteroatoms. The molecule has 0 N–H and O–H groups in total. The quantitative estimate of drug-likeness (QED) is 0.248. The van der Waals surface area contributed by atoms with E-state index in [1.54, 1.807) is 0 Å². The van der Waals surface area contributed by atoms with E-state index in [1.807, 2.05) is 0 Å². The summed E-state index contributed by atoms with van der Waals surface area (Å²) in [5.41, 5.74) is 9.05. The Morgan fingerprint density at radius 1 is 0.538 bits per heavy atom. The summed E-state index contributed by atoms with van der Waals surface area (Å²) in [6.07, 6.45) is 0. The average molecular weight is 603 g/mol. The lowest BCUT2D eigenvalue weighted by atomic mass is 9.90. The van der Waals surface area contributed by atoms with Crippen molar-refractivity contribution in [3.05, 3.63) is 82.9 Å². The number of hydrogen-bond donors (Lipinski definition) is 0. The van der Waals surface area contributed by atoms with Crippen molar-refractivity contribution in [1.29, 1.82) is 0 Å². The number of rotatable bonds is 6. The van der Waals surface area contributed by atoms with Crippen molar-refractivity contribution in [3.63, 3.8) is 0 Å². The third-order valence-electron chi connectivity index (χ3n) is 4.38. The fourth-order valence-corrected chi connectivity index (χ4v) is 5.07. The molecule has 0 atom stereocenters. The van der Waals surface area contributed by atoms with Crippen molar-refractivity contribution in [3.8, 4) is 22.3 Å². The lowest BCUT2D eigenvalue weighted by molar-refractivity contribution is 1.33. The van der Waals surface area contributed by atoms with Crippen molar-refractivity contribution in [2.24, 2.45) is 0 Å². The topological polar surface area (TPSA) is 0 Å². The highest BCUT2D eigenvalue weighted by molar-refractivity contribution is 9.09. The first-order chi connectivity index (χ1) is 13.2. The number of halogens is 4. The summed E-state index contributed by atoms with van der Waals surface area (Å²) in [6, 6.07) is 19.4. The molecule has 0 nitrogen and oxygen atoms in total. The summed E-state index contributed by atoms with van der Waals surface area (Å²) in [5.74, 6) is 0. The van der Waals surface area contributed by atoms with Gasteiger partial charge in [0, 0.05) is 21.3 Å². The second kappa shape index (κ2) is 9.68. The normalized spacial score (nSPS) is 11.5. The Bertz CT molecular complexity index is 835. The van der Waals surface area contributed by atoms with Crippen LogP contribution in [0, 0.1) is 0 Å². The summed E-state index contributed by atoms with van der Waals surface area (Å²) >= 11 is 14.5. The lowest BCUT2D eigenvalue weighted by Gasteiger charge is -2.16. The molecule has 3 rings (SSSR count). The van der Waals surface area contributed by atoms with E-state index >= 15 is 0 Å². The Balaban J connectivity index is 2.30. The average Bonchev–Trinajstić information content (AvgIpc) is 2.72. The summed E-state index contributed by atoms with van der Waals surface area (Å²) in [5, 5.41) is 3.05. The van der Waals surface area contributed by atoms with Crippen LogP contribution in [0.3, 0.4) is 0 Å². The van der Waals surface area contributed by atoms with Gasteiger partial charge in [-0.05, 0) is 50.6 Å². The second-order valence-corrected chi connectivity index (χ2v) is 8.16. The number of hydrogen-bond acceptors (Lipinski definition) is 0. The molecule has 0 heterocycles. The van der Waals surface area contributed by atoms with Crippen molar-refractivity contribution in [1.82, 2.24) is 0 Å². The summed E-state index contributed by atoms with van der Waals surface area (Å²) in [7, 11) is 0. The van der Waals surface area contributed by atoms with Gasteiger partial charge in [0.05, 0.1) is 1.37 Å². The molecule has 0 spiro atoms. The van der Waals surface area contributed by atoms with Gasteiger partial charge in [-0.3, -0.25) is 0 Å². The zero-order chi connectivity index (χ0) is 19.4. The molecule has 3 aromatic rings. The molecule has 0 aromatic heterocycles. The van der Waals surface area contributed by atoms with Crippen LogP contribution < -0.4 is 0 Å². The fourth-order valence-electron chi connectivity index (χ4n) is 3.20. The predicted octanol–water partition coefficient (Wildman–Crippen LogP) is 8.60. The first-order valence-corrected chi connectivity index (χ1v) is 12.7. The van der Waals surface area contributed by atoms with Crippen LogP contribution in [-0.2, 0) is 21.3 Å². The number of alkyl halides is 4. The number of benzene rings is 3. The standard InChI is InChI=1S/C22H18Br4/c23-11-17-6-2-7-18(12-24)21(17)15-4-1-5-16(10-15)22-19(13-25)8-3-9-20(22)14-26/h1-10H,11-14H2/i10D. The van der Waals surface area contributed by atoms with Gasteiger partial charge >= 0.3 is 0 Å². The van der Waals surface area contributed by atoms with Gasteiger partial charge in [0.1, 0.15) is 0 Å². The SMILES string of the molecule is [2H]c1c(-c2c(CBr)cccc2CBr)cccc1-c1c(CBr)cccc1CBr. The van der Waals surface area contributed by atoms with Crippen molar-refractivity contribution in [2.45, 2.75) is 21.3 Å². The van der Waals surface area contributed by atoms with E-state index in [0.717, 1.165) is 43.6 Å². The van der Waals surface area contributed by atoms with E-state index in [4.69, 9.17) is 1.37 Å². The van der Waals surface area contributed by atoms with Crippen molar-refractivity contribution in [2.75, 3.05) is 0 Å². The van der Waals surface area contributed by atoms with Gasteiger partial charge in [-0.1, -0.05) is 118 Å². The molecule has 0 amide bonds. The van der Waals surface area contributed by atoms with Crippen molar-refractivity contribution >= 4 is 63.7 Å². The van der Waals surface area contributed by atoms with Gasteiger partial charge in [-0.2, -0.15) is 0 Å². The van der Waals surface area contributed by atoms with Crippen LogP contribution in [0.2, 0.25) is 0 Å². The Labute approximate surface area is 190 Å². The van der Waals surface area contributed by atoms with Gasteiger partial charge in [0.25, 0.3) is 0 Å². The van der Waals surface area contributed by atoms with Crippen LogP contribution in [0.15, 0.2) is 60.6 Å². The van der Waals surface area contributed by atoms with E-state index in [9.17, 15) is 0 Å². The van der Waals surface area contributed by atoms with Gasteiger partial charge in [0.15, 0.2) is 0 Å². The monoisotopic (exact) mass is 599 g/mol. The van der Waals surface area contributed by atoms with Crippen LogP contribution in [0.5, 0.6) is 0 Å². The molecule has 0 fully saturated rings. The van der Waals surface area contributed by atoms with Crippen LogP contribution in [0.4, 0.5) is 0 Å². The molecule has 0 saturated heterocycles. The van der Waals surface area contributed by atoms with E-state index in [2.05, 4.69) is 118 Å². The Morgan fingerprint density at radius 3 is 1.15 bits per heavy atom. The van der Waals surface area contributed by atoms with Gasteiger partial charge in [0.2, 0.25) is 0 Å². The zero-order valence-electron chi connectivity index (χ0n) is 15.0. The molecular weight excluding hydrogens is 584 g/mol. The first kappa shape index (κ1) is 18.9. The van der Waals surface area contributed by atoms with E-state index in [1.165, 1.54) is 22.3 Å². The first-order valence-electron chi connectivity index (χ1n) is 8.72. The van der Waals surface area contributed by atoms with Crippen LogP contribution in [0.25, 0.3) is 22.3 Å². The molecule has 0 radical (unpaired) electrons. The lowest BCUT2D eigenvalue weighted by Crippen LogP contribution is -1.95. The smallest absolute Gasteiger partial charge is 0.0636 e. The van der Waals surface area contributed by atoms with Gasteiger partial charge in [-0.15, -0.1) is 0 Å². The molecule has 0 saturated carbocycles. The largest absolute Gasteiger partial charge is 0.0876 e. The predicted molar refractivity (Wildman–Crippen MR) is 128 cm³/mol. The maximum atomic E-state index is 9.05.